The summed E-state index contributed by atoms with van der Waals surface area (Å²) in [6, 6.07) is 4.74. The molecule has 0 aliphatic rings. The highest BCUT2D eigenvalue weighted by Gasteiger charge is 2.26. The Morgan fingerprint density at radius 1 is 1.03 bits per heavy atom. The molecule has 36 heavy (non-hydrogen) atoms. The predicted molar refractivity (Wildman–Crippen MR) is 137 cm³/mol. The zero-order valence-corrected chi connectivity index (χ0v) is 20.9. The van der Waals surface area contributed by atoms with Crippen molar-refractivity contribution in [3.63, 3.8) is 0 Å². The first-order chi connectivity index (χ1) is 17.1. The Morgan fingerprint density at radius 3 is 2.42 bits per heavy atom. The summed E-state index contributed by atoms with van der Waals surface area (Å²) in [5.41, 5.74) is 13.2. The molecule has 3 atom stereocenters. The summed E-state index contributed by atoms with van der Waals surface area (Å²) < 4.78 is 0. The largest absolute Gasteiger partial charge is 0.480 e. The molecule has 1 aromatic carbocycles. The van der Waals surface area contributed by atoms with Crippen molar-refractivity contribution in [2.75, 3.05) is 13.1 Å². The summed E-state index contributed by atoms with van der Waals surface area (Å²) >= 11 is 0. The maximum Gasteiger partial charge on any atom is 0.326 e. The average molecular weight is 503 g/mol. The molecule has 9 N–H and O–H groups in total. The molecular formula is C25H38N6O5. The second kappa shape index (κ2) is 14.2. The van der Waals surface area contributed by atoms with E-state index in [1.807, 2.05) is 38.1 Å². The molecule has 3 unspecified atom stereocenters. The van der Waals surface area contributed by atoms with Crippen LogP contribution in [-0.2, 0) is 25.6 Å². The van der Waals surface area contributed by atoms with Gasteiger partial charge in [-0.15, -0.1) is 0 Å². The molecule has 0 aliphatic heterocycles. The fourth-order valence-electron chi connectivity index (χ4n) is 3.91. The highest BCUT2D eigenvalue weighted by atomic mass is 16.4. The van der Waals surface area contributed by atoms with Gasteiger partial charge >= 0.3 is 5.97 Å². The van der Waals surface area contributed by atoms with Crippen molar-refractivity contribution in [1.82, 2.24) is 20.9 Å². The molecule has 3 amide bonds. The number of fused-ring (bicyclic) bond motifs is 1. The first kappa shape index (κ1) is 28.8. The van der Waals surface area contributed by atoms with Gasteiger partial charge in [0.15, 0.2) is 0 Å². The number of rotatable bonds is 15. The minimum absolute atomic E-state index is 0.175. The van der Waals surface area contributed by atoms with Crippen LogP contribution in [0.1, 0.15) is 45.1 Å². The van der Waals surface area contributed by atoms with E-state index in [1.165, 1.54) is 0 Å². The normalized spacial score (nSPS) is 13.7. The van der Waals surface area contributed by atoms with Crippen LogP contribution in [0.3, 0.4) is 0 Å². The first-order valence-corrected chi connectivity index (χ1v) is 12.2. The molecular weight excluding hydrogens is 464 g/mol. The monoisotopic (exact) mass is 502 g/mol. The average Bonchev–Trinajstić information content (AvgIpc) is 3.23. The van der Waals surface area contributed by atoms with E-state index in [2.05, 4.69) is 20.9 Å². The highest BCUT2D eigenvalue weighted by molar-refractivity contribution is 5.93. The van der Waals surface area contributed by atoms with E-state index >= 15 is 0 Å². The van der Waals surface area contributed by atoms with E-state index in [-0.39, 0.29) is 18.8 Å². The van der Waals surface area contributed by atoms with Crippen molar-refractivity contribution in [3.8, 4) is 0 Å². The Morgan fingerprint density at radius 2 is 1.75 bits per heavy atom. The Kier molecular flexibility index (Phi) is 11.4. The van der Waals surface area contributed by atoms with Crippen LogP contribution in [0, 0.1) is 5.92 Å². The van der Waals surface area contributed by atoms with E-state index in [9.17, 15) is 24.3 Å². The van der Waals surface area contributed by atoms with Crippen molar-refractivity contribution in [2.45, 2.75) is 64.1 Å². The van der Waals surface area contributed by atoms with Crippen LogP contribution in [0.2, 0.25) is 0 Å². The Bertz CT molecular complexity index is 1040. The zero-order chi connectivity index (χ0) is 26.7. The molecule has 0 spiro atoms. The third-order valence-electron chi connectivity index (χ3n) is 5.80. The van der Waals surface area contributed by atoms with Crippen LogP contribution in [-0.4, -0.2) is 65.0 Å². The third kappa shape index (κ3) is 8.97. The molecule has 198 valence electrons. The molecule has 0 bridgehead atoms. The number of amides is 3. The number of benzene rings is 1. The lowest BCUT2D eigenvalue weighted by Gasteiger charge is -2.21. The SMILES string of the molecule is CC(C)CC(N)C(=O)NC(Cc1c[nH]c2ccccc12)C(=O)NCC(=O)NC(CCCCN)C(=O)O. The predicted octanol–water partition coefficient (Wildman–Crippen LogP) is 0.383. The summed E-state index contributed by atoms with van der Waals surface area (Å²) in [6.45, 7) is 3.89. The quantitative estimate of drug-likeness (QED) is 0.171. The van der Waals surface area contributed by atoms with E-state index in [1.54, 1.807) is 6.20 Å². The number of aromatic amines is 1. The van der Waals surface area contributed by atoms with Gasteiger partial charge in [-0.2, -0.15) is 0 Å². The smallest absolute Gasteiger partial charge is 0.326 e. The zero-order valence-electron chi connectivity index (χ0n) is 20.9. The molecule has 0 saturated carbocycles. The number of para-hydroxylation sites is 1. The molecule has 11 heteroatoms. The number of hydrogen-bond donors (Lipinski definition) is 7. The lowest BCUT2D eigenvalue weighted by atomic mass is 10.0. The highest BCUT2D eigenvalue weighted by Crippen LogP contribution is 2.19. The number of carboxylic acids is 1. The van der Waals surface area contributed by atoms with Gasteiger partial charge in [-0.1, -0.05) is 32.0 Å². The molecule has 1 heterocycles. The second-order valence-electron chi connectivity index (χ2n) is 9.32. The summed E-state index contributed by atoms with van der Waals surface area (Å²) in [5.74, 6) is -2.63. The molecule has 0 radical (unpaired) electrons. The van der Waals surface area contributed by atoms with Crippen LogP contribution in [0.4, 0.5) is 0 Å². The number of H-pyrrole nitrogens is 1. The van der Waals surface area contributed by atoms with Gasteiger partial charge < -0.3 is 37.5 Å². The minimum atomic E-state index is -1.16. The number of unbranched alkanes of at least 4 members (excludes halogenated alkanes) is 1. The maximum atomic E-state index is 13.0. The van der Waals surface area contributed by atoms with Crippen molar-refractivity contribution < 1.29 is 24.3 Å². The summed E-state index contributed by atoms with van der Waals surface area (Å²) in [4.78, 5) is 52.6. The second-order valence-corrected chi connectivity index (χ2v) is 9.32. The first-order valence-electron chi connectivity index (χ1n) is 12.2. The van der Waals surface area contributed by atoms with Crippen LogP contribution >= 0.6 is 0 Å². The fraction of sp³-hybridized carbons (Fsp3) is 0.520. The van der Waals surface area contributed by atoms with E-state index in [4.69, 9.17) is 11.5 Å². The van der Waals surface area contributed by atoms with Gasteiger partial charge in [0.2, 0.25) is 17.7 Å². The number of nitrogens with one attached hydrogen (secondary N) is 4. The number of hydrogen-bond acceptors (Lipinski definition) is 6. The van der Waals surface area contributed by atoms with Crippen molar-refractivity contribution in [3.05, 3.63) is 36.0 Å². The van der Waals surface area contributed by atoms with Gasteiger partial charge in [-0.05, 0) is 49.8 Å². The van der Waals surface area contributed by atoms with Crippen LogP contribution in [0.5, 0.6) is 0 Å². The van der Waals surface area contributed by atoms with Gasteiger partial charge in [0.05, 0.1) is 12.6 Å². The lowest BCUT2D eigenvalue weighted by molar-refractivity contribution is -0.142. The summed E-state index contributed by atoms with van der Waals surface area (Å²) in [7, 11) is 0. The van der Waals surface area contributed by atoms with E-state index in [0.29, 0.717) is 25.8 Å². The van der Waals surface area contributed by atoms with Crippen molar-refractivity contribution in [2.24, 2.45) is 17.4 Å². The lowest BCUT2D eigenvalue weighted by Crippen LogP contribution is -2.54. The van der Waals surface area contributed by atoms with Gasteiger partial charge in [-0.25, -0.2) is 4.79 Å². The van der Waals surface area contributed by atoms with Crippen molar-refractivity contribution in [1.29, 1.82) is 0 Å². The van der Waals surface area contributed by atoms with E-state index in [0.717, 1.165) is 16.5 Å². The number of aromatic nitrogens is 1. The van der Waals surface area contributed by atoms with Gasteiger partial charge in [-0.3, -0.25) is 14.4 Å². The molecule has 0 saturated heterocycles. The molecule has 11 nitrogen and oxygen atoms in total. The Labute approximate surface area is 210 Å². The van der Waals surface area contributed by atoms with Gasteiger partial charge in [0.25, 0.3) is 0 Å². The van der Waals surface area contributed by atoms with Crippen LogP contribution in [0.25, 0.3) is 10.9 Å². The van der Waals surface area contributed by atoms with Gasteiger partial charge in [0.1, 0.15) is 12.1 Å². The fourth-order valence-corrected chi connectivity index (χ4v) is 3.91. The molecule has 1 aromatic heterocycles. The molecule has 2 aromatic rings. The maximum absolute atomic E-state index is 13.0. The number of nitrogens with two attached hydrogens (primary N) is 2. The topological polar surface area (TPSA) is 192 Å². The summed E-state index contributed by atoms with van der Waals surface area (Å²) in [5, 5.41) is 17.9. The van der Waals surface area contributed by atoms with Gasteiger partial charge in [0, 0.05) is 23.5 Å². The number of carbonyl (C=O) groups is 4. The Balaban J connectivity index is 2.07. The number of carbonyl (C=O) groups excluding carboxylic acids is 3. The minimum Gasteiger partial charge on any atom is -0.480 e. The number of aliphatic carboxylic acids is 1. The standard InChI is InChI=1S/C25H38N6O5/c1-15(2)11-18(27)23(33)31-21(12-16-13-28-19-8-4-3-7-17(16)19)24(34)29-14-22(32)30-20(25(35)36)9-5-6-10-26/h3-4,7-8,13,15,18,20-21,28H,5-6,9-12,14,26-27H2,1-2H3,(H,29,34)(H,30,32)(H,31,33)(H,35,36). The van der Waals surface area contributed by atoms with Crippen LogP contribution in [0.15, 0.2) is 30.5 Å². The molecule has 0 fully saturated rings. The summed E-state index contributed by atoms with van der Waals surface area (Å²) in [6.07, 6.45) is 3.83. The molecule has 0 aliphatic carbocycles. The van der Waals surface area contributed by atoms with Crippen LogP contribution < -0.4 is 27.4 Å². The van der Waals surface area contributed by atoms with E-state index < -0.39 is 48.4 Å². The van der Waals surface area contributed by atoms with Crippen molar-refractivity contribution >= 4 is 34.6 Å². The Hall–Kier alpha value is -3.44. The molecule has 2 rings (SSSR count). The number of carboxylic acid groups (broad SMARTS) is 1. The third-order valence-corrected chi connectivity index (χ3v) is 5.80.